The Hall–Kier alpha value is -1.84. The number of aliphatic hydroxyl groups excluding tert-OH is 1. The Morgan fingerprint density at radius 3 is 2.43 bits per heavy atom. The Bertz CT molecular complexity index is 764. The number of alkyl halides is 2. The second-order valence-electron chi connectivity index (χ2n) is 8.31. The standard InChI is InChI=1S/C18H25F2N3O4Si/c1-17(2,3)28(4,5)27-16-18(19,20)15(22-23-21)14(26-16)13(25)12(24)11-9-7-6-8-10-11/h6-10,12,14-16,24H,1-5H3/t12?,14-,15-,16?/m1/s1. The summed E-state index contributed by atoms with van der Waals surface area (Å²) in [5.41, 5.74) is 8.96. The predicted octanol–water partition coefficient (Wildman–Crippen LogP) is 4.35. The number of hydrogen-bond donors (Lipinski definition) is 1. The number of ether oxygens (including phenoxy) is 1. The molecule has 2 rings (SSSR count). The van der Waals surface area contributed by atoms with Crippen molar-refractivity contribution in [1.82, 2.24) is 0 Å². The molecule has 1 saturated heterocycles. The number of benzene rings is 1. The molecule has 28 heavy (non-hydrogen) atoms. The number of nitrogens with zero attached hydrogens (tertiary/aromatic N) is 3. The Kier molecular flexibility index (Phi) is 6.32. The van der Waals surface area contributed by atoms with Crippen LogP contribution in [0.2, 0.25) is 18.1 Å². The average molecular weight is 413 g/mol. The Morgan fingerprint density at radius 1 is 1.36 bits per heavy atom. The Morgan fingerprint density at radius 2 is 1.93 bits per heavy atom. The van der Waals surface area contributed by atoms with E-state index < -0.39 is 44.6 Å². The average Bonchev–Trinajstić information content (AvgIpc) is 2.84. The van der Waals surface area contributed by atoms with E-state index >= 15 is 0 Å². The maximum Gasteiger partial charge on any atom is 0.308 e. The summed E-state index contributed by atoms with van der Waals surface area (Å²) in [5.74, 6) is -4.73. The van der Waals surface area contributed by atoms with Crippen molar-refractivity contribution >= 4 is 14.1 Å². The van der Waals surface area contributed by atoms with Gasteiger partial charge in [0, 0.05) is 4.91 Å². The molecule has 0 radical (unpaired) electrons. The number of carbonyl (C=O) groups excluding carboxylic acids is 1. The first kappa shape index (κ1) is 22.4. The van der Waals surface area contributed by atoms with E-state index in [1.165, 1.54) is 12.1 Å². The first-order chi connectivity index (χ1) is 12.8. The fraction of sp³-hybridized carbons (Fsp3) is 0.611. The lowest BCUT2D eigenvalue weighted by molar-refractivity contribution is -0.182. The number of Topliss-reactive ketones (excluding diaryl/α,β-unsaturated/α-hetero) is 1. The molecule has 0 aliphatic carbocycles. The van der Waals surface area contributed by atoms with Crippen LogP contribution >= 0.6 is 0 Å². The van der Waals surface area contributed by atoms with Crippen LogP contribution in [-0.2, 0) is 14.0 Å². The molecule has 0 saturated carbocycles. The van der Waals surface area contributed by atoms with Gasteiger partial charge in [-0.25, -0.2) is 8.78 Å². The van der Waals surface area contributed by atoms with Crippen molar-refractivity contribution in [2.45, 2.75) is 69.4 Å². The van der Waals surface area contributed by atoms with Gasteiger partial charge in [0.1, 0.15) is 18.2 Å². The summed E-state index contributed by atoms with van der Waals surface area (Å²) in [6, 6.07) is 5.75. The summed E-state index contributed by atoms with van der Waals surface area (Å²) in [7, 11) is -2.68. The van der Waals surface area contributed by atoms with Crippen molar-refractivity contribution in [3.05, 3.63) is 46.3 Å². The van der Waals surface area contributed by atoms with Crippen molar-refractivity contribution < 1.29 is 27.8 Å². The van der Waals surface area contributed by atoms with Crippen molar-refractivity contribution in [1.29, 1.82) is 0 Å². The van der Waals surface area contributed by atoms with Crippen LogP contribution in [0.1, 0.15) is 32.4 Å². The van der Waals surface area contributed by atoms with Crippen LogP contribution in [0.5, 0.6) is 0 Å². The summed E-state index contributed by atoms with van der Waals surface area (Å²) in [5, 5.41) is 13.0. The molecule has 1 aromatic rings. The normalized spacial score (nSPS) is 25.8. The second kappa shape index (κ2) is 7.88. The SMILES string of the molecule is CC(C)(C)[Si](C)(C)OC1O[C@H](C(=O)C(O)c2ccccc2)[C@@H](N=[N+]=[N-])C1(F)F. The van der Waals surface area contributed by atoms with Gasteiger partial charge in [0.05, 0.1) is 0 Å². The second-order valence-corrected chi connectivity index (χ2v) is 13.1. The molecular weight excluding hydrogens is 388 g/mol. The minimum Gasteiger partial charge on any atom is -0.388 e. The van der Waals surface area contributed by atoms with Crippen molar-refractivity contribution in [3.8, 4) is 0 Å². The number of carbonyl (C=O) groups is 1. The van der Waals surface area contributed by atoms with Gasteiger partial charge in [0.25, 0.3) is 0 Å². The molecule has 1 heterocycles. The number of rotatable bonds is 6. The van der Waals surface area contributed by atoms with Crippen molar-refractivity contribution in [3.63, 3.8) is 0 Å². The lowest BCUT2D eigenvalue weighted by atomic mass is 9.97. The maximum atomic E-state index is 14.9. The summed E-state index contributed by atoms with van der Waals surface area (Å²) >= 11 is 0. The molecular formula is C18H25F2N3O4Si. The van der Waals surface area contributed by atoms with E-state index in [9.17, 15) is 18.7 Å². The minimum absolute atomic E-state index is 0.230. The summed E-state index contributed by atoms with van der Waals surface area (Å²) in [6.45, 7) is 9.16. The van der Waals surface area contributed by atoms with Gasteiger partial charge in [-0.1, -0.05) is 56.2 Å². The molecule has 0 amide bonds. The van der Waals surface area contributed by atoms with Gasteiger partial charge >= 0.3 is 5.92 Å². The molecule has 1 aromatic carbocycles. The molecule has 0 spiro atoms. The zero-order valence-corrected chi connectivity index (χ0v) is 17.5. The van der Waals surface area contributed by atoms with Gasteiger partial charge in [0.2, 0.25) is 6.29 Å². The van der Waals surface area contributed by atoms with Gasteiger partial charge in [-0.2, -0.15) is 0 Å². The fourth-order valence-electron chi connectivity index (χ4n) is 2.56. The lowest BCUT2D eigenvalue weighted by Crippen LogP contribution is -2.49. The largest absolute Gasteiger partial charge is 0.388 e. The summed E-state index contributed by atoms with van der Waals surface area (Å²) < 4.78 is 40.8. The molecule has 4 atom stereocenters. The topological polar surface area (TPSA) is 105 Å². The van der Waals surface area contributed by atoms with Crippen LogP contribution in [0.15, 0.2) is 35.4 Å². The molecule has 1 aliphatic rings. The van der Waals surface area contributed by atoms with E-state index in [0.717, 1.165) is 0 Å². The molecule has 154 valence electrons. The highest BCUT2D eigenvalue weighted by atomic mass is 28.4. The number of halogens is 2. The Balaban J connectivity index is 2.34. The minimum atomic E-state index is -3.72. The van der Waals surface area contributed by atoms with E-state index in [1.54, 1.807) is 31.3 Å². The van der Waals surface area contributed by atoms with Crippen LogP contribution < -0.4 is 0 Å². The molecule has 1 aliphatic heterocycles. The number of azide groups is 1. The Labute approximate surface area is 163 Å². The van der Waals surface area contributed by atoms with Crippen LogP contribution in [0, 0.1) is 0 Å². The first-order valence-corrected chi connectivity index (χ1v) is 11.8. The van der Waals surface area contributed by atoms with Gasteiger partial charge in [-0.05, 0) is 29.2 Å². The molecule has 7 nitrogen and oxygen atoms in total. The lowest BCUT2D eigenvalue weighted by Gasteiger charge is -2.39. The van der Waals surface area contributed by atoms with Crippen molar-refractivity contribution in [2.24, 2.45) is 5.11 Å². The molecule has 0 bridgehead atoms. The predicted molar refractivity (Wildman–Crippen MR) is 101 cm³/mol. The van der Waals surface area contributed by atoms with Gasteiger partial charge < -0.3 is 14.3 Å². The smallest absolute Gasteiger partial charge is 0.308 e. The van der Waals surface area contributed by atoms with E-state index in [0.29, 0.717) is 0 Å². The number of hydrogen-bond acceptors (Lipinski definition) is 5. The quantitative estimate of drug-likeness (QED) is 0.324. The van der Waals surface area contributed by atoms with E-state index in [4.69, 9.17) is 14.7 Å². The third-order valence-corrected chi connectivity index (χ3v) is 9.73. The third kappa shape index (κ3) is 4.26. The van der Waals surface area contributed by atoms with Gasteiger partial charge in [-0.15, -0.1) is 0 Å². The highest BCUT2D eigenvalue weighted by molar-refractivity contribution is 6.74. The molecule has 1 N–H and O–H groups in total. The van der Waals surface area contributed by atoms with Gasteiger partial charge in [-0.3, -0.25) is 4.79 Å². The van der Waals surface area contributed by atoms with Crippen LogP contribution in [0.3, 0.4) is 0 Å². The fourth-order valence-corrected chi connectivity index (χ4v) is 3.66. The first-order valence-electron chi connectivity index (χ1n) is 8.85. The summed E-state index contributed by atoms with van der Waals surface area (Å²) in [6.07, 6.45) is -5.55. The zero-order valence-electron chi connectivity index (χ0n) is 16.5. The van der Waals surface area contributed by atoms with Gasteiger partial charge in [0.15, 0.2) is 14.1 Å². The monoisotopic (exact) mass is 413 g/mol. The number of ketones is 1. The molecule has 1 fully saturated rings. The van der Waals surface area contributed by atoms with E-state index in [2.05, 4.69) is 10.0 Å². The van der Waals surface area contributed by atoms with E-state index in [1.807, 2.05) is 20.8 Å². The molecule has 10 heteroatoms. The highest BCUT2D eigenvalue weighted by Gasteiger charge is 2.63. The van der Waals surface area contributed by atoms with Crippen LogP contribution in [0.25, 0.3) is 10.4 Å². The highest BCUT2D eigenvalue weighted by Crippen LogP contribution is 2.45. The van der Waals surface area contributed by atoms with Crippen LogP contribution in [-0.4, -0.2) is 43.6 Å². The molecule has 2 unspecified atom stereocenters. The van der Waals surface area contributed by atoms with E-state index in [-0.39, 0.29) is 10.6 Å². The summed E-state index contributed by atoms with van der Waals surface area (Å²) in [4.78, 5) is 15.1. The maximum absolute atomic E-state index is 14.9. The van der Waals surface area contributed by atoms with Crippen molar-refractivity contribution in [2.75, 3.05) is 0 Å². The molecule has 0 aromatic heterocycles. The third-order valence-electron chi connectivity index (χ3n) is 5.31. The number of aliphatic hydroxyl groups is 1. The van der Waals surface area contributed by atoms with Crippen LogP contribution in [0.4, 0.5) is 8.78 Å². The zero-order chi connectivity index (χ0) is 21.3.